The minimum absolute atomic E-state index is 0.0143. The van der Waals surface area contributed by atoms with Gasteiger partial charge in [-0.2, -0.15) is 13.2 Å². The number of nitrogens with zero attached hydrogens (tertiary/aromatic N) is 3. The summed E-state index contributed by atoms with van der Waals surface area (Å²) in [7, 11) is 0. The first-order valence-electron chi connectivity index (χ1n) is 12.7. The second-order valence-corrected chi connectivity index (χ2v) is 10.1. The molecule has 5 rings (SSSR count). The van der Waals surface area contributed by atoms with Crippen LogP contribution in [0.2, 0.25) is 5.02 Å². The Morgan fingerprint density at radius 1 is 0.976 bits per heavy atom. The molecule has 210 valence electrons. The summed E-state index contributed by atoms with van der Waals surface area (Å²) in [5.74, 6) is -1.78. The summed E-state index contributed by atoms with van der Waals surface area (Å²) in [6, 6.07) is 19.1. The van der Waals surface area contributed by atoms with Gasteiger partial charge in [-0.3, -0.25) is 4.79 Å². The van der Waals surface area contributed by atoms with E-state index in [0.29, 0.717) is 35.9 Å². The van der Waals surface area contributed by atoms with Gasteiger partial charge in [0, 0.05) is 36.2 Å². The Labute approximate surface area is 238 Å². The van der Waals surface area contributed by atoms with E-state index in [1.807, 2.05) is 29.2 Å². The lowest BCUT2D eigenvalue weighted by Gasteiger charge is -2.30. The van der Waals surface area contributed by atoms with Crippen LogP contribution in [0.25, 0.3) is 11.4 Å². The van der Waals surface area contributed by atoms with E-state index < -0.39 is 29.7 Å². The summed E-state index contributed by atoms with van der Waals surface area (Å²) in [5.41, 5.74) is 1.92. The van der Waals surface area contributed by atoms with Crippen molar-refractivity contribution in [3.05, 3.63) is 112 Å². The van der Waals surface area contributed by atoms with Crippen LogP contribution in [0.15, 0.2) is 78.9 Å². The average molecular weight is 581 g/mol. The zero-order chi connectivity index (χ0) is 29.1. The molecule has 41 heavy (non-hydrogen) atoms. The van der Waals surface area contributed by atoms with Gasteiger partial charge in [-0.1, -0.05) is 60.1 Å². The number of anilines is 1. The Morgan fingerprint density at radius 2 is 1.71 bits per heavy atom. The summed E-state index contributed by atoms with van der Waals surface area (Å²) in [6.45, 7) is 1.04. The predicted molar refractivity (Wildman–Crippen MR) is 148 cm³/mol. The number of rotatable bonds is 7. The van der Waals surface area contributed by atoms with E-state index in [-0.39, 0.29) is 23.5 Å². The van der Waals surface area contributed by atoms with Gasteiger partial charge < -0.3 is 15.3 Å². The van der Waals surface area contributed by atoms with Gasteiger partial charge in [-0.15, -0.1) is 0 Å². The molecule has 4 aromatic rings. The third-order valence-corrected chi connectivity index (χ3v) is 7.06. The van der Waals surface area contributed by atoms with Crippen molar-refractivity contribution in [1.29, 1.82) is 0 Å². The SMILES string of the molecule is O=C(N[C@H](Cc1ccc(Cl)cc1)C(=O)O)c1cc(N2CCc3ccccc3C2)nc(-c2cccc(C(F)(F)F)c2)n1. The molecular formula is C30H24ClF3N4O3. The number of halogens is 4. The Bertz CT molecular complexity index is 1590. The monoisotopic (exact) mass is 580 g/mol. The maximum absolute atomic E-state index is 13.4. The molecule has 0 saturated heterocycles. The number of aromatic nitrogens is 2. The third kappa shape index (κ3) is 6.66. The molecule has 1 aliphatic heterocycles. The molecule has 7 nitrogen and oxygen atoms in total. The summed E-state index contributed by atoms with van der Waals surface area (Å²) < 4.78 is 40.3. The molecule has 0 bridgehead atoms. The quantitative estimate of drug-likeness (QED) is 0.287. The summed E-state index contributed by atoms with van der Waals surface area (Å²) >= 11 is 5.92. The van der Waals surface area contributed by atoms with Crippen LogP contribution in [-0.4, -0.2) is 39.5 Å². The molecule has 1 aliphatic rings. The number of carbonyl (C=O) groups excluding carboxylic acids is 1. The highest BCUT2D eigenvalue weighted by atomic mass is 35.5. The molecule has 0 saturated carbocycles. The number of fused-ring (bicyclic) bond motifs is 1. The van der Waals surface area contributed by atoms with Gasteiger partial charge in [0.1, 0.15) is 17.6 Å². The van der Waals surface area contributed by atoms with Crippen molar-refractivity contribution in [3.8, 4) is 11.4 Å². The van der Waals surface area contributed by atoms with Crippen molar-refractivity contribution in [2.45, 2.75) is 31.6 Å². The van der Waals surface area contributed by atoms with E-state index in [1.54, 1.807) is 24.3 Å². The first-order chi connectivity index (χ1) is 19.6. The highest BCUT2D eigenvalue weighted by molar-refractivity contribution is 6.30. The summed E-state index contributed by atoms with van der Waals surface area (Å²) in [5, 5.41) is 12.8. The van der Waals surface area contributed by atoms with Crippen LogP contribution in [-0.2, 0) is 30.4 Å². The second-order valence-electron chi connectivity index (χ2n) is 9.65. The highest BCUT2D eigenvalue weighted by Crippen LogP contribution is 2.32. The molecule has 0 spiro atoms. The van der Waals surface area contributed by atoms with E-state index in [4.69, 9.17) is 11.6 Å². The number of amides is 1. The van der Waals surface area contributed by atoms with Crippen molar-refractivity contribution in [2.24, 2.45) is 0 Å². The Morgan fingerprint density at radius 3 is 2.41 bits per heavy atom. The van der Waals surface area contributed by atoms with Crippen LogP contribution in [0.3, 0.4) is 0 Å². The molecule has 0 aliphatic carbocycles. The van der Waals surface area contributed by atoms with E-state index in [0.717, 1.165) is 17.7 Å². The van der Waals surface area contributed by atoms with Crippen LogP contribution in [0.5, 0.6) is 0 Å². The number of carbonyl (C=O) groups is 2. The molecule has 1 amide bonds. The second kappa shape index (κ2) is 11.6. The van der Waals surface area contributed by atoms with Crippen LogP contribution in [0.1, 0.15) is 32.7 Å². The number of benzene rings is 3. The number of hydrogen-bond donors (Lipinski definition) is 2. The van der Waals surface area contributed by atoms with Crippen LogP contribution in [0.4, 0.5) is 19.0 Å². The number of aliphatic carboxylic acids is 1. The summed E-state index contributed by atoms with van der Waals surface area (Å²) in [6.07, 6.45) is -3.89. The molecule has 2 N–H and O–H groups in total. The van der Waals surface area contributed by atoms with Crippen LogP contribution < -0.4 is 10.2 Å². The maximum Gasteiger partial charge on any atom is 0.416 e. The lowest BCUT2D eigenvalue weighted by Crippen LogP contribution is -2.42. The fourth-order valence-corrected chi connectivity index (χ4v) is 4.78. The van der Waals surface area contributed by atoms with Gasteiger partial charge >= 0.3 is 12.1 Å². The standard InChI is InChI=1S/C30H24ClF3N4O3/c31-23-10-8-18(9-11-23)14-25(29(40)41)36-28(39)24-16-26(38-13-12-19-4-1-2-5-21(19)17-38)37-27(35-24)20-6-3-7-22(15-20)30(32,33)34/h1-11,15-16,25H,12-14,17H2,(H,36,39)(H,40,41)/t25-/m1/s1. The fraction of sp³-hybridized carbons (Fsp3) is 0.200. The van der Waals surface area contributed by atoms with Crippen LogP contribution in [0, 0.1) is 0 Å². The van der Waals surface area contributed by atoms with E-state index in [1.165, 1.54) is 23.8 Å². The fourth-order valence-electron chi connectivity index (χ4n) is 4.66. The van der Waals surface area contributed by atoms with Gasteiger partial charge in [0.2, 0.25) is 0 Å². The third-order valence-electron chi connectivity index (χ3n) is 6.80. The largest absolute Gasteiger partial charge is 0.480 e. The minimum Gasteiger partial charge on any atom is -0.480 e. The topological polar surface area (TPSA) is 95.4 Å². The van der Waals surface area contributed by atoms with Gasteiger partial charge in [0.05, 0.1) is 5.56 Å². The number of carboxylic acid groups (broad SMARTS) is 1. The molecule has 11 heteroatoms. The Hall–Kier alpha value is -4.44. The molecule has 0 radical (unpaired) electrons. The lowest BCUT2D eigenvalue weighted by molar-refractivity contribution is -0.139. The first-order valence-corrected chi connectivity index (χ1v) is 13.1. The lowest BCUT2D eigenvalue weighted by atomic mass is 10.00. The summed E-state index contributed by atoms with van der Waals surface area (Å²) in [4.78, 5) is 36.1. The molecule has 1 atom stereocenters. The number of alkyl halides is 3. The molecule has 0 fully saturated rings. The molecule has 1 aromatic heterocycles. The van der Waals surface area contributed by atoms with E-state index in [2.05, 4.69) is 15.3 Å². The number of hydrogen-bond acceptors (Lipinski definition) is 5. The smallest absolute Gasteiger partial charge is 0.416 e. The van der Waals surface area contributed by atoms with Crippen LogP contribution >= 0.6 is 11.6 Å². The van der Waals surface area contributed by atoms with Crippen molar-refractivity contribution in [3.63, 3.8) is 0 Å². The minimum atomic E-state index is -4.58. The van der Waals surface area contributed by atoms with Crippen molar-refractivity contribution in [2.75, 3.05) is 11.4 Å². The van der Waals surface area contributed by atoms with Gasteiger partial charge in [0.25, 0.3) is 5.91 Å². The molecule has 2 heterocycles. The number of nitrogens with one attached hydrogen (secondary N) is 1. The van der Waals surface area contributed by atoms with Gasteiger partial charge in [0.15, 0.2) is 5.82 Å². The number of carboxylic acids is 1. The normalized spacial score (nSPS) is 13.8. The average Bonchev–Trinajstić information content (AvgIpc) is 2.97. The maximum atomic E-state index is 13.4. The van der Waals surface area contributed by atoms with Gasteiger partial charge in [-0.25, -0.2) is 14.8 Å². The van der Waals surface area contributed by atoms with Gasteiger partial charge in [-0.05, 0) is 47.4 Å². The van der Waals surface area contributed by atoms with Crippen molar-refractivity contribution < 1.29 is 27.9 Å². The van der Waals surface area contributed by atoms with Crippen molar-refractivity contribution >= 4 is 29.3 Å². The highest BCUT2D eigenvalue weighted by Gasteiger charge is 2.31. The molecular weight excluding hydrogens is 557 g/mol. The molecule has 0 unspecified atom stereocenters. The van der Waals surface area contributed by atoms with E-state index >= 15 is 0 Å². The van der Waals surface area contributed by atoms with E-state index in [9.17, 15) is 27.9 Å². The first kappa shape index (κ1) is 28.1. The molecule has 3 aromatic carbocycles. The Balaban J connectivity index is 1.50. The zero-order valence-electron chi connectivity index (χ0n) is 21.5. The zero-order valence-corrected chi connectivity index (χ0v) is 22.3. The van der Waals surface area contributed by atoms with Crippen molar-refractivity contribution in [1.82, 2.24) is 15.3 Å². The Kier molecular flexibility index (Phi) is 7.94. The predicted octanol–water partition coefficient (Wildman–Crippen LogP) is 5.80.